The van der Waals surface area contributed by atoms with Crippen molar-refractivity contribution in [3.63, 3.8) is 0 Å². The Morgan fingerprint density at radius 1 is 1.02 bits per heavy atom. The van der Waals surface area contributed by atoms with Crippen LogP contribution in [-0.4, -0.2) is 73.4 Å². The predicted molar refractivity (Wildman–Crippen MR) is 168 cm³/mol. The minimum absolute atomic E-state index is 0.0350. The number of carboxylic acids is 1. The Bertz CT molecular complexity index is 1860. The minimum Gasteiger partial charge on any atom is -0.481 e. The third-order valence-electron chi connectivity index (χ3n) is 9.39. The summed E-state index contributed by atoms with van der Waals surface area (Å²) in [5, 5.41) is 9.65. The van der Waals surface area contributed by atoms with Crippen molar-refractivity contribution in [1.29, 1.82) is 0 Å². The summed E-state index contributed by atoms with van der Waals surface area (Å²) in [6.45, 7) is 3.38. The minimum atomic E-state index is -3.07. The van der Waals surface area contributed by atoms with Crippen LogP contribution in [0.4, 0.5) is 23.9 Å². The molecule has 0 radical (unpaired) electrons. The van der Waals surface area contributed by atoms with Crippen molar-refractivity contribution < 1.29 is 37.3 Å². The van der Waals surface area contributed by atoms with Crippen LogP contribution in [0.3, 0.4) is 0 Å². The number of nitrogens with zero attached hydrogens (tertiary/aromatic N) is 6. The van der Waals surface area contributed by atoms with Gasteiger partial charge in [-0.15, -0.1) is 0 Å². The van der Waals surface area contributed by atoms with Crippen LogP contribution in [0, 0.1) is 23.6 Å². The molecule has 2 aliphatic heterocycles. The number of benzene rings is 2. The van der Waals surface area contributed by atoms with Crippen molar-refractivity contribution in [2.24, 2.45) is 17.8 Å². The van der Waals surface area contributed by atoms with Crippen molar-refractivity contribution in [1.82, 2.24) is 24.4 Å². The van der Waals surface area contributed by atoms with Gasteiger partial charge >= 0.3 is 18.7 Å². The Balaban J connectivity index is 1.25. The van der Waals surface area contributed by atoms with E-state index < -0.39 is 36.1 Å². The number of imidazole rings is 1. The summed E-state index contributed by atoms with van der Waals surface area (Å²) in [5.74, 6) is -0.768. The van der Waals surface area contributed by atoms with Crippen LogP contribution in [0.1, 0.15) is 51.0 Å². The van der Waals surface area contributed by atoms with E-state index in [4.69, 9.17) is 9.47 Å². The smallest absolute Gasteiger partial charge is 0.410 e. The molecule has 2 unspecified atom stereocenters. The molecule has 2 aromatic heterocycles. The number of hydrogen-bond donors (Lipinski definition) is 1. The summed E-state index contributed by atoms with van der Waals surface area (Å²) in [6, 6.07) is 8.57. The second-order valence-corrected chi connectivity index (χ2v) is 13.7. The van der Waals surface area contributed by atoms with E-state index in [-0.39, 0.29) is 42.2 Å². The fraction of sp³-hybridized carbons (Fsp3) is 0.441. The molecule has 1 amide bonds. The van der Waals surface area contributed by atoms with Crippen LogP contribution in [-0.2, 0) is 16.1 Å². The summed E-state index contributed by atoms with van der Waals surface area (Å²) >= 11 is 0. The molecule has 2 bridgehead atoms. The molecular weight excluding hydrogens is 629 g/mol. The molecule has 2 fully saturated rings. The number of rotatable bonds is 6. The zero-order valence-electron chi connectivity index (χ0n) is 26.6. The number of para-hydroxylation sites is 1. The first-order chi connectivity index (χ1) is 22.9. The monoisotopic (exact) mass is 664 g/mol. The topological polar surface area (TPSA) is 123 Å². The van der Waals surface area contributed by atoms with Crippen molar-refractivity contribution in [3.8, 4) is 16.9 Å². The van der Waals surface area contributed by atoms with Crippen LogP contribution < -0.4 is 9.64 Å². The fourth-order valence-electron chi connectivity index (χ4n) is 7.45. The van der Waals surface area contributed by atoms with Crippen molar-refractivity contribution >= 4 is 29.0 Å². The van der Waals surface area contributed by atoms with E-state index >= 15 is 4.39 Å². The third kappa shape index (κ3) is 5.88. The summed E-state index contributed by atoms with van der Waals surface area (Å²) in [4.78, 5) is 42.2. The highest BCUT2D eigenvalue weighted by atomic mass is 19.3. The molecule has 4 heterocycles. The average Bonchev–Trinajstić information content (AvgIpc) is 3.52. The highest BCUT2D eigenvalue weighted by Gasteiger charge is 2.46. The average molecular weight is 665 g/mol. The highest BCUT2D eigenvalue weighted by Crippen LogP contribution is 2.43. The lowest BCUT2D eigenvalue weighted by atomic mass is 9.85. The van der Waals surface area contributed by atoms with E-state index in [9.17, 15) is 23.5 Å². The first-order valence-corrected chi connectivity index (χ1v) is 15.9. The number of amides is 1. The van der Waals surface area contributed by atoms with Crippen molar-refractivity contribution in [3.05, 3.63) is 66.0 Å². The lowest BCUT2D eigenvalue weighted by molar-refractivity contribution is -0.144. The second kappa shape index (κ2) is 12.0. The molecule has 3 aliphatic rings. The van der Waals surface area contributed by atoms with Gasteiger partial charge in [-0.1, -0.05) is 18.2 Å². The number of alkyl halides is 2. The molecule has 4 aromatic rings. The number of carbonyl (C=O) groups is 2. The van der Waals surface area contributed by atoms with Crippen molar-refractivity contribution in [2.45, 2.75) is 58.4 Å². The fourth-order valence-corrected chi connectivity index (χ4v) is 7.45. The Morgan fingerprint density at radius 2 is 1.71 bits per heavy atom. The van der Waals surface area contributed by atoms with Gasteiger partial charge in [-0.25, -0.2) is 24.1 Å². The molecule has 252 valence electrons. The van der Waals surface area contributed by atoms with Gasteiger partial charge in [-0.2, -0.15) is 8.78 Å². The number of carboxylic acid groups (broad SMARTS) is 1. The van der Waals surface area contributed by atoms with Crippen LogP contribution in [0.2, 0.25) is 0 Å². The number of carbonyl (C=O) groups excluding carboxylic acids is 1. The SMILES string of the molecule is CC(C)(C)OC(=O)N1Cc2nc3cc(F)c(-c4cnc(N5CC6CCC(C5)C6C(=O)O)nc4)cc3n2[C@@H](c2ccccc2OC(F)F)C1. The van der Waals surface area contributed by atoms with Crippen LogP contribution in [0.5, 0.6) is 5.75 Å². The van der Waals surface area contributed by atoms with Gasteiger partial charge in [0.2, 0.25) is 5.95 Å². The Kier molecular flexibility index (Phi) is 7.91. The van der Waals surface area contributed by atoms with E-state index in [2.05, 4.69) is 15.0 Å². The van der Waals surface area contributed by atoms with E-state index in [0.29, 0.717) is 47.0 Å². The van der Waals surface area contributed by atoms with Gasteiger partial charge in [0, 0.05) is 54.8 Å². The zero-order valence-corrected chi connectivity index (χ0v) is 26.6. The zero-order chi connectivity index (χ0) is 33.9. The molecule has 1 saturated carbocycles. The summed E-state index contributed by atoms with van der Waals surface area (Å²) in [5.41, 5.74) is 1.10. The van der Waals surface area contributed by atoms with Gasteiger partial charge in [-0.05, 0) is 57.6 Å². The standard InChI is InChI=1S/C34H35F3N6O5/c1-34(2,3)48-33(46)42-16-26(21-6-4-5-7-27(21)47-31(36)37)43-25-10-22(23(35)11-24(25)40-28(43)17-42)20-12-38-32(39-13-20)41-14-18-8-9-19(15-41)29(18)30(44)45/h4-7,10-13,18-19,26,29,31H,8-9,14-17H2,1-3H3,(H,44,45)/t18?,19?,26-,29?/m1/s1. The first kappa shape index (κ1) is 31.7. The number of anilines is 1. The second-order valence-electron chi connectivity index (χ2n) is 13.7. The van der Waals surface area contributed by atoms with E-state index in [1.54, 1.807) is 57.4 Å². The number of fused-ring (bicyclic) bond motifs is 5. The first-order valence-electron chi connectivity index (χ1n) is 15.9. The molecule has 2 aromatic carbocycles. The number of aliphatic carboxylic acids is 1. The van der Waals surface area contributed by atoms with Crippen LogP contribution >= 0.6 is 0 Å². The van der Waals surface area contributed by atoms with Gasteiger partial charge in [0.05, 0.1) is 29.5 Å². The van der Waals surface area contributed by atoms with Crippen LogP contribution in [0.25, 0.3) is 22.2 Å². The molecule has 1 aliphatic carbocycles. The van der Waals surface area contributed by atoms with Gasteiger partial charge in [-0.3, -0.25) is 9.69 Å². The molecule has 3 atom stereocenters. The summed E-state index contributed by atoms with van der Waals surface area (Å²) < 4.78 is 55.0. The van der Waals surface area contributed by atoms with Crippen LogP contribution in [0.15, 0.2) is 48.8 Å². The predicted octanol–water partition coefficient (Wildman–Crippen LogP) is 6.12. The molecule has 7 rings (SSSR count). The highest BCUT2D eigenvalue weighted by molar-refractivity contribution is 5.84. The molecular formula is C34H35F3N6O5. The number of piperidine rings is 1. The number of ether oxygens (including phenoxy) is 2. The number of halogens is 3. The van der Waals surface area contributed by atoms with Gasteiger partial charge in [0.15, 0.2) is 0 Å². The maximum atomic E-state index is 15.7. The summed E-state index contributed by atoms with van der Waals surface area (Å²) in [6.07, 6.45) is 4.19. The Morgan fingerprint density at radius 3 is 2.35 bits per heavy atom. The molecule has 14 heteroatoms. The molecule has 1 saturated heterocycles. The third-order valence-corrected chi connectivity index (χ3v) is 9.39. The maximum absolute atomic E-state index is 15.7. The van der Waals surface area contributed by atoms with Gasteiger partial charge in [0.1, 0.15) is 23.0 Å². The lowest BCUT2D eigenvalue weighted by Crippen LogP contribution is -2.45. The molecule has 1 N–H and O–H groups in total. The summed E-state index contributed by atoms with van der Waals surface area (Å²) in [7, 11) is 0. The largest absolute Gasteiger partial charge is 0.481 e. The Labute approximate surface area is 274 Å². The van der Waals surface area contributed by atoms with E-state index in [1.165, 1.54) is 17.0 Å². The normalized spacial score (nSPS) is 22.2. The van der Waals surface area contributed by atoms with Gasteiger partial charge in [0.25, 0.3) is 0 Å². The molecule has 0 spiro atoms. The number of hydrogen-bond acceptors (Lipinski definition) is 8. The van der Waals surface area contributed by atoms with Crippen molar-refractivity contribution in [2.75, 3.05) is 24.5 Å². The van der Waals surface area contributed by atoms with Gasteiger partial charge < -0.3 is 24.0 Å². The quantitative estimate of drug-likeness (QED) is 0.260. The van der Waals surface area contributed by atoms with E-state index in [1.807, 2.05) is 9.47 Å². The molecule has 11 nitrogen and oxygen atoms in total. The Hall–Kier alpha value is -4.88. The molecule has 48 heavy (non-hydrogen) atoms. The maximum Gasteiger partial charge on any atom is 0.410 e. The van der Waals surface area contributed by atoms with E-state index in [0.717, 1.165) is 12.8 Å². The lowest BCUT2D eigenvalue weighted by Gasteiger charge is -2.36. The number of aromatic nitrogens is 4.